The predicted octanol–water partition coefficient (Wildman–Crippen LogP) is -0.125. The molecule has 0 amide bonds. The Hall–Kier alpha value is -1.90. The largest absolute Gasteiger partial charge is 0.358 e. The van der Waals surface area contributed by atoms with Crippen LogP contribution in [0, 0.1) is 0 Å². The Balaban J connectivity index is 2.34. The fourth-order valence-electron chi connectivity index (χ4n) is 1.63. The van der Waals surface area contributed by atoms with Crippen LogP contribution in [-0.2, 0) is 9.84 Å². The lowest BCUT2D eigenvalue weighted by molar-refractivity contribution is 0.601. The van der Waals surface area contributed by atoms with Gasteiger partial charge in [-0.2, -0.15) is 15.1 Å². The van der Waals surface area contributed by atoms with Crippen LogP contribution in [0.5, 0.6) is 0 Å². The maximum absolute atomic E-state index is 11.2. The molecule has 0 radical (unpaired) electrons. The average molecular weight is 284 g/mol. The van der Waals surface area contributed by atoms with Crippen LogP contribution in [0.25, 0.3) is 11.0 Å². The Kier molecular flexibility index (Phi) is 3.56. The molecule has 0 spiro atoms. The van der Waals surface area contributed by atoms with E-state index in [1.54, 1.807) is 25.2 Å². The lowest BCUT2D eigenvalue weighted by atomic mass is 10.3. The number of nitrogens with zero attached hydrogens (tertiary/aromatic N) is 4. The average Bonchev–Trinajstić information content (AvgIpc) is 2.81. The smallest absolute Gasteiger partial charge is 0.226 e. The fraction of sp³-hybridized carbons (Fsp3) is 0.500. The minimum absolute atomic E-state index is 0.0712. The van der Waals surface area contributed by atoms with Crippen LogP contribution in [-0.4, -0.2) is 61.2 Å². The van der Waals surface area contributed by atoms with E-state index in [-0.39, 0.29) is 5.75 Å². The molecule has 19 heavy (non-hydrogen) atoms. The molecular weight excluding hydrogens is 268 g/mol. The summed E-state index contributed by atoms with van der Waals surface area (Å²) < 4.78 is 22.4. The van der Waals surface area contributed by atoms with Gasteiger partial charge in [0.05, 0.1) is 17.3 Å². The molecule has 0 fully saturated rings. The van der Waals surface area contributed by atoms with Crippen molar-refractivity contribution in [2.75, 3.05) is 42.9 Å². The maximum atomic E-state index is 11.2. The van der Waals surface area contributed by atoms with Gasteiger partial charge in [0, 0.05) is 26.9 Å². The highest BCUT2D eigenvalue weighted by Crippen LogP contribution is 2.22. The topological polar surface area (TPSA) is 104 Å². The van der Waals surface area contributed by atoms with Gasteiger partial charge in [0.2, 0.25) is 5.95 Å². The lowest BCUT2D eigenvalue weighted by Crippen LogP contribution is -2.26. The number of anilines is 2. The number of hydrogen-bond acceptors (Lipinski definition) is 7. The second kappa shape index (κ2) is 5.00. The van der Waals surface area contributed by atoms with E-state index in [9.17, 15) is 8.42 Å². The van der Waals surface area contributed by atoms with E-state index in [1.807, 2.05) is 0 Å². The molecule has 0 saturated heterocycles. The first-order chi connectivity index (χ1) is 8.90. The highest BCUT2D eigenvalue weighted by atomic mass is 32.2. The van der Waals surface area contributed by atoms with Crippen molar-refractivity contribution in [2.45, 2.75) is 0 Å². The molecule has 0 unspecified atom stereocenters. The van der Waals surface area contributed by atoms with Gasteiger partial charge in [0.15, 0.2) is 5.65 Å². The van der Waals surface area contributed by atoms with Crippen molar-refractivity contribution in [1.82, 2.24) is 20.2 Å². The van der Waals surface area contributed by atoms with Gasteiger partial charge in [0.25, 0.3) is 0 Å². The highest BCUT2D eigenvalue weighted by Gasteiger charge is 2.14. The van der Waals surface area contributed by atoms with Gasteiger partial charge in [-0.1, -0.05) is 0 Å². The van der Waals surface area contributed by atoms with Crippen molar-refractivity contribution >= 4 is 32.6 Å². The quantitative estimate of drug-likeness (QED) is 0.788. The van der Waals surface area contributed by atoms with E-state index in [4.69, 9.17) is 0 Å². The molecule has 0 bridgehead atoms. The molecule has 0 saturated carbocycles. The van der Waals surface area contributed by atoms with Crippen LogP contribution < -0.4 is 10.2 Å². The summed E-state index contributed by atoms with van der Waals surface area (Å²) in [7, 11) is 0.504. The van der Waals surface area contributed by atoms with Crippen molar-refractivity contribution in [2.24, 2.45) is 0 Å². The standard InChI is InChI=1S/C10H16N6O2S/c1-11-10-13-8-7(6-12-15-8)9(14-10)16(2)4-5-19(3,17)18/h6H,4-5H2,1-3H3,(H2,11,12,13,14,15). The van der Waals surface area contributed by atoms with Gasteiger partial charge < -0.3 is 10.2 Å². The first-order valence-electron chi connectivity index (χ1n) is 5.68. The zero-order valence-electron chi connectivity index (χ0n) is 11.0. The summed E-state index contributed by atoms with van der Waals surface area (Å²) >= 11 is 0. The van der Waals surface area contributed by atoms with Gasteiger partial charge in [-0.15, -0.1) is 0 Å². The Bertz CT molecular complexity index is 680. The summed E-state index contributed by atoms with van der Waals surface area (Å²) in [5.41, 5.74) is 0.612. The first kappa shape index (κ1) is 13.5. The van der Waals surface area contributed by atoms with E-state index in [1.165, 1.54) is 6.26 Å². The Morgan fingerprint density at radius 2 is 2.16 bits per heavy atom. The minimum atomic E-state index is -3.01. The van der Waals surface area contributed by atoms with E-state index >= 15 is 0 Å². The molecule has 8 nitrogen and oxygen atoms in total. The molecule has 2 aromatic heterocycles. The molecule has 2 N–H and O–H groups in total. The molecular formula is C10H16N6O2S. The summed E-state index contributed by atoms with van der Waals surface area (Å²) in [6.45, 7) is 0.360. The van der Waals surface area contributed by atoms with Crippen molar-refractivity contribution < 1.29 is 8.42 Å². The van der Waals surface area contributed by atoms with Gasteiger partial charge in [0.1, 0.15) is 15.7 Å². The number of sulfone groups is 1. The van der Waals surface area contributed by atoms with Crippen LogP contribution in [0.15, 0.2) is 6.20 Å². The Morgan fingerprint density at radius 3 is 2.79 bits per heavy atom. The second-order valence-electron chi connectivity index (χ2n) is 4.30. The molecule has 2 rings (SSSR count). The molecule has 0 aliphatic carbocycles. The molecule has 2 heterocycles. The first-order valence-corrected chi connectivity index (χ1v) is 7.74. The summed E-state index contributed by atoms with van der Waals surface area (Å²) in [6, 6.07) is 0. The SMILES string of the molecule is CNc1nc(N(C)CCS(C)(=O)=O)c2cn[nH]c2n1. The number of rotatable bonds is 5. The molecule has 9 heteroatoms. The van der Waals surface area contributed by atoms with Gasteiger partial charge in [-0.05, 0) is 0 Å². The number of aromatic nitrogens is 4. The Labute approximate surface area is 111 Å². The summed E-state index contributed by atoms with van der Waals surface area (Å²) in [5.74, 6) is 1.17. The van der Waals surface area contributed by atoms with Crippen LogP contribution in [0.3, 0.4) is 0 Å². The minimum Gasteiger partial charge on any atom is -0.358 e. The summed E-state index contributed by atoms with van der Waals surface area (Å²) in [5, 5.41) is 10.3. The van der Waals surface area contributed by atoms with E-state index in [2.05, 4.69) is 25.5 Å². The number of fused-ring (bicyclic) bond motifs is 1. The molecule has 0 aliphatic rings. The van der Waals surface area contributed by atoms with Crippen LogP contribution in [0.1, 0.15) is 0 Å². The fourth-order valence-corrected chi connectivity index (χ4v) is 2.24. The van der Waals surface area contributed by atoms with Crippen LogP contribution >= 0.6 is 0 Å². The number of H-pyrrole nitrogens is 1. The van der Waals surface area contributed by atoms with Crippen molar-refractivity contribution in [3.05, 3.63) is 6.20 Å². The number of aromatic amines is 1. The normalized spacial score (nSPS) is 11.7. The number of nitrogens with one attached hydrogen (secondary N) is 2. The van der Waals surface area contributed by atoms with Gasteiger partial charge in [-0.3, -0.25) is 5.10 Å². The molecule has 0 atom stereocenters. The zero-order valence-corrected chi connectivity index (χ0v) is 11.8. The van der Waals surface area contributed by atoms with E-state index < -0.39 is 9.84 Å². The van der Waals surface area contributed by atoms with Gasteiger partial charge >= 0.3 is 0 Å². The van der Waals surface area contributed by atoms with Gasteiger partial charge in [-0.25, -0.2) is 8.42 Å². The maximum Gasteiger partial charge on any atom is 0.226 e. The molecule has 0 aromatic carbocycles. The van der Waals surface area contributed by atoms with E-state index in [0.717, 1.165) is 5.39 Å². The van der Waals surface area contributed by atoms with Crippen molar-refractivity contribution in [3.63, 3.8) is 0 Å². The highest BCUT2D eigenvalue weighted by molar-refractivity contribution is 7.90. The molecule has 0 aliphatic heterocycles. The number of hydrogen-bond donors (Lipinski definition) is 2. The summed E-state index contributed by atoms with van der Waals surface area (Å²) in [4.78, 5) is 10.3. The second-order valence-corrected chi connectivity index (χ2v) is 6.56. The van der Waals surface area contributed by atoms with Crippen LogP contribution in [0.2, 0.25) is 0 Å². The Morgan fingerprint density at radius 1 is 1.42 bits per heavy atom. The summed E-state index contributed by atoms with van der Waals surface area (Å²) in [6.07, 6.45) is 2.84. The predicted molar refractivity (Wildman–Crippen MR) is 74.2 cm³/mol. The van der Waals surface area contributed by atoms with E-state index in [0.29, 0.717) is 24.0 Å². The van der Waals surface area contributed by atoms with Crippen molar-refractivity contribution in [3.8, 4) is 0 Å². The molecule has 104 valence electrons. The third-order valence-electron chi connectivity index (χ3n) is 2.67. The zero-order chi connectivity index (χ0) is 14.0. The van der Waals surface area contributed by atoms with Crippen molar-refractivity contribution in [1.29, 1.82) is 0 Å². The third-order valence-corrected chi connectivity index (χ3v) is 3.60. The monoisotopic (exact) mass is 284 g/mol. The third kappa shape index (κ3) is 3.11. The molecule has 2 aromatic rings. The lowest BCUT2D eigenvalue weighted by Gasteiger charge is -2.18. The van der Waals surface area contributed by atoms with Crippen LogP contribution in [0.4, 0.5) is 11.8 Å².